The Kier molecular flexibility index (Phi) is 7.86. The zero-order valence-electron chi connectivity index (χ0n) is 22.0. The maximum Gasteiger partial charge on any atom is 0.338 e. The Labute approximate surface area is 220 Å². The second kappa shape index (κ2) is 10.7. The lowest BCUT2D eigenvalue weighted by Crippen LogP contribution is -2.12. The molecule has 0 spiro atoms. The molecule has 0 fully saturated rings. The van der Waals surface area contributed by atoms with Crippen LogP contribution in [0.3, 0.4) is 0 Å². The summed E-state index contributed by atoms with van der Waals surface area (Å²) in [7, 11) is 0. The third kappa shape index (κ3) is 5.64. The fourth-order valence-electron chi connectivity index (χ4n) is 3.65. The van der Waals surface area contributed by atoms with Crippen molar-refractivity contribution in [3.8, 4) is 34.1 Å². The minimum absolute atomic E-state index is 0.0601. The van der Waals surface area contributed by atoms with Crippen LogP contribution >= 0.6 is 0 Å². The smallest absolute Gasteiger partial charge is 0.338 e. The summed E-state index contributed by atoms with van der Waals surface area (Å²) >= 11 is 0. The highest BCUT2D eigenvalue weighted by atomic mass is 16.6. The van der Waals surface area contributed by atoms with Crippen LogP contribution in [0.2, 0.25) is 0 Å². The van der Waals surface area contributed by atoms with E-state index in [1.165, 1.54) is 39.8 Å². The van der Waals surface area contributed by atoms with Gasteiger partial charge in [0, 0.05) is 51.5 Å². The van der Waals surface area contributed by atoms with E-state index in [-0.39, 0.29) is 51.2 Å². The molecule has 0 N–H and O–H groups in total. The van der Waals surface area contributed by atoms with Crippen molar-refractivity contribution in [3.63, 3.8) is 0 Å². The van der Waals surface area contributed by atoms with E-state index in [9.17, 15) is 19.2 Å². The lowest BCUT2D eigenvalue weighted by molar-refractivity contribution is -0.131. The van der Waals surface area contributed by atoms with Gasteiger partial charge in [0.25, 0.3) is 0 Å². The first-order chi connectivity index (χ1) is 17.7. The molecule has 2 aromatic carbocycles. The summed E-state index contributed by atoms with van der Waals surface area (Å²) in [4.78, 5) is 49.5. The number of carbonyl (C=O) groups is 4. The maximum absolute atomic E-state index is 12.5. The van der Waals surface area contributed by atoms with Crippen molar-refractivity contribution in [2.75, 3.05) is 0 Å². The van der Waals surface area contributed by atoms with Gasteiger partial charge in [0.05, 0.1) is 0 Å². The van der Waals surface area contributed by atoms with E-state index < -0.39 is 23.9 Å². The van der Waals surface area contributed by atoms with Gasteiger partial charge < -0.3 is 18.9 Å². The van der Waals surface area contributed by atoms with Gasteiger partial charge in [-0.15, -0.1) is 0 Å². The van der Waals surface area contributed by atoms with Gasteiger partial charge in [0.2, 0.25) is 0 Å². The number of rotatable bonds is 8. The Hall–Kier alpha value is -4.72. The normalized spacial score (nSPS) is 11.5. The Bertz CT molecular complexity index is 1350. The summed E-state index contributed by atoms with van der Waals surface area (Å²) in [6.07, 6.45) is 0. The summed E-state index contributed by atoms with van der Waals surface area (Å²) in [5.74, 6) is -2.74. The standard InChI is InChI=1S/C30H28O8/c1-14(2)27(31)35-19-10-21-18(9)22-11-20(36-28(32)15(3)4)13-24(38-30(34)17(7)8)26(22)25(21)23(12-19)37-29(33)16(5)6/h10-13,18H,1,3,5,7H2,2,4,6,8-9H3. The summed E-state index contributed by atoms with van der Waals surface area (Å²) in [6.45, 7) is 22.3. The SMILES string of the molecule is C=C(C)C(=O)Oc1cc(OC(=O)C(=C)C)c2c(c1)C(C)c1cc(OC(=O)C(=C)C)cc(OC(=O)C(=C)C)c1-2. The Morgan fingerprint density at radius 3 is 1.13 bits per heavy atom. The van der Waals surface area contributed by atoms with Crippen LogP contribution in [-0.4, -0.2) is 23.9 Å². The Morgan fingerprint density at radius 2 is 0.842 bits per heavy atom. The van der Waals surface area contributed by atoms with Crippen molar-refractivity contribution >= 4 is 23.9 Å². The summed E-state index contributed by atoms with van der Waals surface area (Å²) in [6, 6.07) is 6.04. The van der Waals surface area contributed by atoms with E-state index in [0.717, 1.165) is 0 Å². The average Bonchev–Trinajstić information content (AvgIpc) is 3.11. The molecule has 1 aliphatic carbocycles. The summed E-state index contributed by atoms with van der Waals surface area (Å²) in [5, 5.41) is 0. The minimum atomic E-state index is -0.704. The van der Waals surface area contributed by atoms with Gasteiger partial charge in [-0.3, -0.25) is 0 Å². The zero-order chi connectivity index (χ0) is 28.5. The summed E-state index contributed by atoms with van der Waals surface area (Å²) in [5.41, 5.74) is 2.77. The van der Waals surface area contributed by atoms with Crippen LogP contribution in [0.4, 0.5) is 0 Å². The Morgan fingerprint density at radius 1 is 0.553 bits per heavy atom. The molecule has 0 bridgehead atoms. The molecule has 0 unspecified atom stereocenters. The quantitative estimate of drug-likeness (QED) is 0.248. The van der Waals surface area contributed by atoms with Crippen LogP contribution in [0.5, 0.6) is 23.0 Å². The molecule has 0 aliphatic heterocycles. The Balaban J connectivity index is 2.29. The van der Waals surface area contributed by atoms with Crippen LogP contribution in [-0.2, 0) is 19.2 Å². The van der Waals surface area contributed by atoms with Crippen LogP contribution in [0.25, 0.3) is 11.1 Å². The molecule has 1 aliphatic rings. The number of carbonyl (C=O) groups excluding carboxylic acids is 4. The second-order valence-corrected chi connectivity index (χ2v) is 9.17. The van der Waals surface area contributed by atoms with Gasteiger partial charge in [0.15, 0.2) is 0 Å². The molecule has 8 heteroatoms. The van der Waals surface area contributed by atoms with E-state index >= 15 is 0 Å². The van der Waals surface area contributed by atoms with E-state index in [2.05, 4.69) is 26.3 Å². The second-order valence-electron chi connectivity index (χ2n) is 9.17. The van der Waals surface area contributed by atoms with Crippen molar-refractivity contribution in [1.29, 1.82) is 0 Å². The third-order valence-corrected chi connectivity index (χ3v) is 5.62. The van der Waals surface area contributed by atoms with Gasteiger partial charge >= 0.3 is 23.9 Å². The lowest BCUT2D eigenvalue weighted by Gasteiger charge is -2.16. The molecule has 8 nitrogen and oxygen atoms in total. The number of hydrogen-bond donors (Lipinski definition) is 0. The number of fused-ring (bicyclic) bond motifs is 3. The molecule has 2 aromatic rings. The van der Waals surface area contributed by atoms with Gasteiger partial charge in [0.1, 0.15) is 23.0 Å². The van der Waals surface area contributed by atoms with Crippen molar-refractivity contribution in [3.05, 3.63) is 84.0 Å². The van der Waals surface area contributed by atoms with E-state index in [0.29, 0.717) is 22.3 Å². The molecule has 0 heterocycles. The van der Waals surface area contributed by atoms with Crippen LogP contribution in [0.15, 0.2) is 72.9 Å². The molecule has 0 atom stereocenters. The molecule has 0 radical (unpaired) electrons. The molecule has 0 aromatic heterocycles. The van der Waals surface area contributed by atoms with E-state index in [1.807, 2.05) is 6.92 Å². The number of ether oxygens (including phenoxy) is 4. The highest BCUT2D eigenvalue weighted by molar-refractivity contribution is 5.97. The number of benzene rings is 2. The fourth-order valence-corrected chi connectivity index (χ4v) is 3.65. The topological polar surface area (TPSA) is 105 Å². The van der Waals surface area contributed by atoms with Crippen LogP contribution < -0.4 is 18.9 Å². The predicted molar refractivity (Wildman–Crippen MR) is 141 cm³/mol. The van der Waals surface area contributed by atoms with Crippen LogP contribution in [0, 0.1) is 0 Å². The fraction of sp³-hybridized carbons (Fsp3) is 0.200. The highest BCUT2D eigenvalue weighted by Crippen LogP contribution is 2.55. The van der Waals surface area contributed by atoms with Crippen molar-refractivity contribution in [2.45, 2.75) is 40.5 Å². The summed E-state index contributed by atoms with van der Waals surface area (Å²) < 4.78 is 22.1. The molecular weight excluding hydrogens is 488 g/mol. The van der Waals surface area contributed by atoms with Gasteiger partial charge in [-0.2, -0.15) is 0 Å². The zero-order valence-corrected chi connectivity index (χ0v) is 22.0. The first kappa shape index (κ1) is 27.9. The molecular formula is C30H28O8. The average molecular weight is 517 g/mol. The first-order valence-corrected chi connectivity index (χ1v) is 11.6. The first-order valence-electron chi connectivity index (χ1n) is 11.6. The van der Waals surface area contributed by atoms with E-state index in [1.54, 1.807) is 12.1 Å². The van der Waals surface area contributed by atoms with E-state index in [4.69, 9.17) is 18.9 Å². The number of hydrogen-bond acceptors (Lipinski definition) is 8. The highest BCUT2D eigenvalue weighted by Gasteiger charge is 2.35. The molecule has 0 amide bonds. The maximum atomic E-state index is 12.5. The van der Waals surface area contributed by atoms with Crippen molar-refractivity contribution < 1.29 is 38.1 Å². The minimum Gasteiger partial charge on any atom is -0.423 e. The van der Waals surface area contributed by atoms with Gasteiger partial charge in [-0.1, -0.05) is 33.2 Å². The van der Waals surface area contributed by atoms with Gasteiger partial charge in [-0.05, 0) is 51.0 Å². The number of esters is 4. The third-order valence-electron chi connectivity index (χ3n) is 5.62. The predicted octanol–water partition coefficient (Wildman–Crippen LogP) is 5.74. The molecule has 3 rings (SSSR count). The van der Waals surface area contributed by atoms with Crippen LogP contribution in [0.1, 0.15) is 51.7 Å². The molecule has 0 saturated heterocycles. The van der Waals surface area contributed by atoms with Gasteiger partial charge in [-0.25, -0.2) is 19.2 Å². The molecule has 196 valence electrons. The lowest BCUT2D eigenvalue weighted by atomic mass is 9.99. The van der Waals surface area contributed by atoms with Crippen molar-refractivity contribution in [1.82, 2.24) is 0 Å². The molecule has 38 heavy (non-hydrogen) atoms. The monoisotopic (exact) mass is 516 g/mol. The van der Waals surface area contributed by atoms with Crippen molar-refractivity contribution in [2.24, 2.45) is 0 Å². The largest absolute Gasteiger partial charge is 0.423 e. The molecule has 0 saturated carbocycles.